The number of rotatable bonds is 2. The van der Waals surface area contributed by atoms with Crippen molar-refractivity contribution in [3.63, 3.8) is 0 Å². The molecule has 0 fully saturated rings. The zero-order chi connectivity index (χ0) is 13.2. The number of aromatic nitrogens is 2. The molecule has 96 valence electrons. The molecule has 0 saturated heterocycles. The van der Waals surface area contributed by atoms with Gasteiger partial charge in [-0.1, -0.05) is 11.6 Å². The molecule has 0 bridgehead atoms. The Kier molecular flexibility index (Phi) is 2.92. The minimum Gasteiger partial charge on any atom is -0.454 e. The van der Waals surface area contributed by atoms with Crippen LogP contribution in [0.3, 0.4) is 0 Å². The number of fused-ring (bicyclic) bond motifs is 1. The van der Waals surface area contributed by atoms with Gasteiger partial charge in [0.05, 0.1) is 12.4 Å². The molecule has 0 unspecified atom stereocenters. The largest absolute Gasteiger partial charge is 0.454 e. The smallest absolute Gasteiger partial charge is 0.275 e. The lowest BCUT2D eigenvalue weighted by Gasteiger charge is -2.05. The summed E-state index contributed by atoms with van der Waals surface area (Å²) >= 11 is 5.68. The van der Waals surface area contributed by atoms with Crippen LogP contribution in [-0.4, -0.2) is 22.7 Å². The molecule has 0 aliphatic carbocycles. The number of halogens is 1. The standard InChI is InChI=1S/C12H8ClN3O3/c13-11-5-14-4-8(16-11)12(17)15-7-1-2-9-10(3-7)19-6-18-9/h1-5H,6H2,(H,15,17). The Hall–Kier alpha value is -2.34. The molecular weight excluding hydrogens is 270 g/mol. The molecule has 2 heterocycles. The summed E-state index contributed by atoms with van der Waals surface area (Å²) in [4.78, 5) is 19.6. The molecular formula is C12H8ClN3O3. The Balaban J connectivity index is 1.80. The zero-order valence-corrected chi connectivity index (χ0v) is 10.3. The van der Waals surface area contributed by atoms with Crippen LogP contribution in [0.25, 0.3) is 0 Å². The summed E-state index contributed by atoms with van der Waals surface area (Å²) in [6.45, 7) is 0.187. The fourth-order valence-corrected chi connectivity index (χ4v) is 1.77. The third-order valence-electron chi connectivity index (χ3n) is 2.47. The first-order valence-electron chi connectivity index (χ1n) is 5.41. The normalized spacial score (nSPS) is 12.3. The van der Waals surface area contributed by atoms with E-state index in [9.17, 15) is 4.79 Å². The van der Waals surface area contributed by atoms with Crippen LogP contribution < -0.4 is 14.8 Å². The van der Waals surface area contributed by atoms with Gasteiger partial charge in [0.15, 0.2) is 11.5 Å². The molecule has 0 radical (unpaired) electrons. The number of hydrogen-bond acceptors (Lipinski definition) is 5. The van der Waals surface area contributed by atoms with E-state index in [1.807, 2.05) is 0 Å². The van der Waals surface area contributed by atoms with Gasteiger partial charge in [0.2, 0.25) is 6.79 Å². The highest BCUT2D eigenvalue weighted by molar-refractivity contribution is 6.29. The van der Waals surface area contributed by atoms with Crippen molar-refractivity contribution in [2.75, 3.05) is 12.1 Å². The first kappa shape index (κ1) is 11.7. The SMILES string of the molecule is O=C(Nc1ccc2c(c1)OCO2)c1cncc(Cl)n1. The summed E-state index contributed by atoms with van der Waals surface area (Å²) in [5.41, 5.74) is 0.723. The second-order valence-electron chi connectivity index (χ2n) is 3.75. The van der Waals surface area contributed by atoms with Crippen LogP contribution in [0.4, 0.5) is 5.69 Å². The highest BCUT2D eigenvalue weighted by atomic mass is 35.5. The van der Waals surface area contributed by atoms with Crippen LogP contribution in [0.2, 0.25) is 5.15 Å². The predicted molar refractivity (Wildman–Crippen MR) is 67.6 cm³/mol. The third kappa shape index (κ3) is 2.43. The predicted octanol–water partition coefficient (Wildman–Crippen LogP) is 2.11. The van der Waals surface area contributed by atoms with Gasteiger partial charge in [-0.15, -0.1) is 0 Å². The van der Waals surface area contributed by atoms with Crippen LogP contribution in [0.15, 0.2) is 30.6 Å². The molecule has 2 aromatic rings. The minimum atomic E-state index is -0.395. The first-order valence-corrected chi connectivity index (χ1v) is 5.79. The van der Waals surface area contributed by atoms with Crippen LogP contribution >= 0.6 is 11.6 Å². The number of ether oxygens (including phenoxy) is 2. The fraction of sp³-hybridized carbons (Fsp3) is 0.0833. The van der Waals surface area contributed by atoms with Crippen molar-refractivity contribution >= 4 is 23.2 Å². The quantitative estimate of drug-likeness (QED) is 0.910. The Morgan fingerprint density at radius 2 is 2.11 bits per heavy atom. The Morgan fingerprint density at radius 1 is 1.26 bits per heavy atom. The van der Waals surface area contributed by atoms with Crippen LogP contribution in [-0.2, 0) is 0 Å². The van der Waals surface area contributed by atoms with Crippen LogP contribution in [0.1, 0.15) is 10.5 Å². The molecule has 1 N–H and O–H groups in total. The summed E-state index contributed by atoms with van der Waals surface area (Å²) in [5, 5.41) is 2.84. The minimum absolute atomic E-state index is 0.144. The van der Waals surface area contributed by atoms with Gasteiger partial charge in [0.1, 0.15) is 10.8 Å². The number of benzene rings is 1. The van der Waals surface area contributed by atoms with Crippen molar-refractivity contribution in [3.05, 3.63) is 41.4 Å². The van der Waals surface area contributed by atoms with Gasteiger partial charge < -0.3 is 14.8 Å². The molecule has 3 rings (SSSR count). The lowest BCUT2D eigenvalue weighted by molar-refractivity contribution is 0.102. The van der Waals surface area contributed by atoms with Crippen molar-refractivity contribution in [2.24, 2.45) is 0 Å². The van der Waals surface area contributed by atoms with E-state index in [1.165, 1.54) is 12.4 Å². The molecule has 1 aliphatic rings. The number of anilines is 1. The molecule has 0 atom stereocenters. The topological polar surface area (TPSA) is 73.3 Å². The van der Waals surface area contributed by atoms with Gasteiger partial charge in [0, 0.05) is 11.8 Å². The molecule has 7 heteroatoms. The van der Waals surface area contributed by atoms with E-state index in [2.05, 4.69) is 15.3 Å². The first-order chi connectivity index (χ1) is 9.22. The van der Waals surface area contributed by atoms with Crippen molar-refractivity contribution in [1.29, 1.82) is 0 Å². The second kappa shape index (κ2) is 4.74. The van der Waals surface area contributed by atoms with Gasteiger partial charge in [0.25, 0.3) is 5.91 Å². The highest BCUT2D eigenvalue weighted by Gasteiger charge is 2.15. The summed E-state index contributed by atoms with van der Waals surface area (Å²) in [6.07, 6.45) is 2.70. The van der Waals surface area contributed by atoms with Crippen molar-refractivity contribution in [3.8, 4) is 11.5 Å². The average Bonchev–Trinajstić information content (AvgIpc) is 2.86. The number of hydrogen-bond donors (Lipinski definition) is 1. The summed E-state index contributed by atoms with van der Waals surface area (Å²) in [7, 11) is 0. The molecule has 0 saturated carbocycles. The molecule has 1 aromatic heterocycles. The van der Waals surface area contributed by atoms with E-state index < -0.39 is 5.91 Å². The molecule has 1 aliphatic heterocycles. The molecule has 6 nitrogen and oxygen atoms in total. The van der Waals surface area contributed by atoms with E-state index in [0.717, 1.165) is 0 Å². The summed E-state index contributed by atoms with van der Waals surface area (Å²) in [6, 6.07) is 5.11. The molecule has 1 amide bonds. The maximum absolute atomic E-state index is 11.9. The molecule has 0 spiro atoms. The van der Waals surface area contributed by atoms with Gasteiger partial charge >= 0.3 is 0 Å². The number of amides is 1. The van der Waals surface area contributed by atoms with E-state index in [1.54, 1.807) is 18.2 Å². The van der Waals surface area contributed by atoms with Gasteiger partial charge in [-0.25, -0.2) is 4.98 Å². The highest BCUT2D eigenvalue weighted by Crippen LogP contribution is 2.34. The number of nitrogens with one attached hydrogen (secondary N) is 1. The Morgan fingerprint density at radius 3 is 2.95 bits per heavy atom. The average molecular weight is 278 g/mol. The maximum Gasteiger partial charge on any atom is 0.275 e. The fourth-order valence-electron chi connectivity index (χ4n) is 1.62. The third-order valence-corrected chi connectivity index (χ3v) is 2.65. The number of carbonyl (C=O) groups is 1. The van der Waals surface area contributed by atoms with E-state index >= 15 is 0 Å². The van der Waals surface area contributed by atoms with E-state index in [0.29, 0.717) is 17.2 Å². The maximum atomic E-state index is 11.9. The second-order valence-corrected chi connectivity index (χ2v) is 4.14. The van der Waals surface area contributed by atoms with Crippen molar-refractivity contribution in [1.82, 2.24) is 9.97 Å². The molecule has 19 heavy (non-hydrogen) atoms. The van der Waals surface area contributed by atoms with Crippen molar-refractivity contribution in [2.45, 2.75) is 0 Å². The summed E-state index contributed by atoms with van der Waals surface area (Å²) in [5.74, 6) is 0.851. The van der Waals surface area contributed by atoms with Gasteiger partial charge in [-0.05, 0) is 12.1 Å². The lowest BCUT2D eigenvalue weighted by Crippen LogP contribution is -2.14. The lowest BCUT2D eigenvalue weighted by atomic mass is 10.2. The monoisotopic (exact) mass is 277 g/mol. The van der Waals surface area contributed by atoms with E-state index in [-0.39, 0.29) is 17.6 Å². The van der Waals surface area contributed by atoms with Gasteiger partial charge in [-0.3, -0.25) is 9.78 Å². The number of nitrogens with zero attached hydrogens (tertiary/aromatic N) is 2. The van der Waals surface area contributed by atoms with Crippen LogP contribution in [0, 0.1) is 0 Å². The summed E-state index contributed by atoms with van der Waals surface area (Å²) < 4.78 is 10.4. The Bertz CT molecular complexity index is 648. The molecule has 1 aromatic carbocycles. The number of carbonyl (C=O) groups excluding carboxylic acids is 1. The Labute approximate surface area is 113 Å². The van der Waals surface area contributed by atoms with Crippen LogP contribution in [0.5, 0.6) is 11.5 Å². The van der Waals surface area contributed by atoms with Gasteiger partial charge in [-0.2, -0.15) is 0 Å². The zero-order valence-electron chi connectivity index (χ0n) is 9.59. The van der Waals surface area contributed by atoms with E-state index in [4.69, 9.17) is 21.1 Å². The van der Waals surface area contributed by atoms with Crippen molar-refractivity contribution < 1.29 is 14.3 Å².